The van der Waals surface area contributed by atoms with Crippen LogP contribution in [0.25, 0.3) is 0 Å². The van der Waals surface area contributed by atoms with Gasteiger partial charge in [0.15, 0.2) is 0 Å². The normalized spacial score (nSPS) is 10.2. The highest BCUT2D eigenvalue weighted by Crippen LogP contribution is 2.30. The van der Waals surface area contributed by atoms with Crippen LogP contribution >= 0.6 is 11.6 Å². The number of benzene rings is 2. The van der Waals surface area contributed by atoms with Crippen molar-refractivity contribution >= 4 is 17.3 Å². The predicted molar refractivity (Wildman–Crippen MR) is 72.5 cm³/mol. The minimum atomic E-state index is -0.540. The standard InChI is InChI=1S/C13H11ClN2O3/c14-12-7-11(5-6-13(12)16(17)18)19-10-3-1-9(8-15)2-4-10/h1-7H,8,15H2. The number of hydrogen-bond donors (Lipinski definition) is 1. The van der Waals surface area contributed by atoms with Crippen LogP contribution in [-0.2, 0) is 6.54 Å². The van der Waals surface area contributed by atoms with Gasteiger partial charge in [-0.2, -0.15) is 0 Å². The van der Waals surface area contributed by atoms with Crippen LogP contribution in [-0.4, -0.2) is 4.92 Å². The molecule has 0 aromatic heterocycles. The van der Waals surface area contributed by atoms with Gasteiger partial charge < -0.3 is 10.5 Å². The molecule has 2 N–H and O–H groups in total. The first-order valence-electron chi connectivity index (χ1n) is 5.51. The minimum absolute atomic E-state index is 0.0427. The van der Waals surface area contributed by atoms with Crippen molar-refractivity contribution in [2.24, 2.45) is 5.73 Å². The molecule has 0 saturated heterocycles. The van der Waals surface area contributed by atoms with Crippen LogP contribution < -0.4 is 10.5 Å². The molecule has 2 rings (SSSR count). The summed E-state index contributed by atoms with van der Waals surface area (Å²) in [7, 11) is 0. The van der Waals surface area contributed by atoms with Gasteiger partial charge in [0.2, 0.25) is 0 Å². The summed E-state index contributed by atoms with van der Waals surface area (Å²) in [6, 6.07) is 11.5. The van der Waals surface area contributed by atoms with Crippen molar-refractivity contribution in [2.45, 2.75) is 6.54 Å². The quantitative estimate of drug-likeness (QED) is 0.686. The van der Waals surface area contributed by atoms with E-state index in [2.05, 4.69) is 0 Å². The summed E-state index contributed by atoms with van der Waals surface area (Å²) in [4.78, 5) is 10.1. The van der Waals surface area contributed by atoms with Crippen LogP contribution in [0.5, 0.6) is 11.5 Å². The molecule has 0 unspecified atom stereocenters. The number of nitrogens with two attached hydrogens (primary N) is 1. The largest absolute Gasteiger partial charge is 0.457 e. The van der Waals surface area contributed by atoms with Gasteiger partial charge in [0.25, 0.3) is 5.69 Å². The van der Waals surface area contributed by atoms with Crippen LogP contribution in [0.15, 0.2) is 42.5 Å². The first-order chi connectivity index (χ1) is 9.10. The smallest absolute Gasteiger partial charge is 0.288 e. The summed E-state index contributed by atoms with van der Waals surface area (Å²) >= 11 is 5.80. The molecule has 0 radical (unpaired) electrons. The summed E-state index contributed by atoms with van der Waals surface area (Å²) in [5.74, 6) is 1.05. The van der Waals surface area contributed by atoms with Crippen LogP contribution in [0.4, 0.5) is 5.69 Å². The Morgan fingerprint density at radius 1 is 1.16 bits per heavy atom. The highest BCUT2D eigenvalue weighted by Gasteiger charge is 2.12. The minimum Gasteiger partial charge on any atom is -0.457 e. The lowest BCUT2D eigenvalue weighted by atomic mass is 10.2. The second-order valence-electron chi connectivity index (χ2n) is 3.82. The van der Waals surface area contributed by atoms with Crippen molar-refractivity contribution in [1.82, 2.24) is 0 Å². The maximum absolute atomic E-state index is 10.6. The molecule has 0 spiro atoms. The molecule has 0 fully saturated rings. The van der Waals surface area contributed by atoms with Crippen LogP contribution in [0.2, 0.25) is 5.02 Å². The number of ether oxygens (including phenoxy) is 1. The lowest BCUT2D eigenvalue weighted by Crippen LogP contribution is -1.95. The van der Waals surface area contributed by atoms with E-state index in [0.717, 1.165) is 5.56 Å². The number of rotatable bonds is 4. The first-order valence-corrected chi connectivity index (χ1v) is 5.89. The predicted octanol–water partition coefficient (Wildman–Crippen LogP) is 3.50. The van der Waals surface area contributed by atoms with Gasteiger partial charge in [0.1, 0.15) is 16.5 Å². The fourth-order valence-electron chi connectivity index (χ4n) is 1.53. The third-order valence-electron chi connectivity index (χ3n) is 2.51. The highest BCUT2D eigenvalue weighted by atomic mass is 35.5. The third-order valence-corrected chi connectivity index (χ3v) is 2.81. The second kappa shape index (κ2) is 5.69. The van der Waals surface area contributed by atoms with Crippen LogP contribution in [0.1, 0.15) is 5.56 Å². The van der Waals surface area contributed by atoms with Crippen molar-refractivity contribution in [3.05, 3.63) is 63.2 Å². The van der Waals surface area contributed by atoms with Crippen LogP contribution in [0.3, 0.4) is 0 Å². The zero-order valence-corrected chi connectivity index (χ0v) is 10.6. The SMILES string of the molecule is NCc1ccc(Oc2ccc([N+](=O)[O-])c(Cl)c2)cc1. The van der Waals surface area contributed by atoms with Crippen molar-refractivity contribution in [1.29, 1.82) is 0 Å². The van der Waals surface area contributed by atoms with Gasteiger partial charge in [-0.1, -0.05) is 23.7 Å². The Balaban J connectivity index is 2.18. The molecule has 5 nitrogen and oxygen atoms in total. The van der Waals surface area contributed by atoms with E-state index < -0.39 is 4.92 Å². The molecule has 6 heteroatoms. The van der Waals surface area contributed by atoms with E-state index in [1.807, 2.05) is 12.1 Å². The van der Waals surface area contributed by atoms with E-state index >= 15 is 0 Å². The Bertz CT molecular complexity index is 599. The number of hydrogen-bond acceptors (Lipinski definition) is 4. The Morgan fingerprint density at radius 2 is 1.79 bits per heavy atom. The summed E-state index contributed by atoms with van der Waals surface area (Å²) in [6.45, 7) is 0.462. The molecule has 0 saturated carbocycles. The third kappa shape index (κ3) is 3.21. The number of nitro groups is 1. The number of nitro benzene ring substituents is 1. The molecule has 98 valence electrons. The molecule has 0 heterocycles. The van der Waals surface area contributed by atoms with E-state index in [1.165, 1.54) is 18.2 Å². The van der Waals surface area contributed by atoms with Crippen molar-refractivity contribution in [3.8, 4) is 11.5 Å². The molecule has 0 aliphatic carbocycles. The summed E-state index contributed by atoms with van der Waals surface area (Å²) < 4.78 is 5.55. The first kappa shape index (κ1) is 13.3. The topological polar surface area (TPSA) is 78.4 Å². The Kier molecular flexibility index (Phi) is 3.99. The zero-order chi connectivity index (χ0) is 13.8. The van der Waals surface area contributed by atoms with E-state index in [0.29, 0.717) is 18.0 Å². The average molecular weight is 279 g/mol. The lowest BCUT2D eigenvalue weighted by molar-refractivity contribution is -0.384. The van der Waals surface area contributed by atoms with Crippen molar-refractivity contribution in [3.63, 3.8) is 0 Å². The number of nitrogens with zero attached hydrogens (tertiary/aromatic N) is 1. The van der Waals surface area contributed by atoms with Gasteiger partial charge in [-0.25, -0.2) is 0 Å². The van der Waals surface area contributed by atoms with E-state index in [9.17, 15) is 10.1 Å². The van der Waals surface area contributed by atoms with Gasteiger partial charge in [-0.3, -0.25) is 10.1 Å². The summed E-state index contributed by atoms with van der Waals surface area (Å²) in [6.07, 6.45) is 0. The molecule has 0 aliphatic rings. The lowest BCUT2D eigenvalue weighted by Gasteiger charge is -2.06. The maximum atomic E-state index is 10.6. The highest BCUT2D eigenvalue weighted by molar-refractivity contribution is 6.32. The average Bonchev–Trinajstić information content (AvgIpc) is 2.39. The molecule has 0 aliphatic heterocycles. The summed E-state index contributed by atoms with van der Waals surface area (Å²) in [5.41, 5.74) is 6.34. The molecule has 19 heavy (non-hydrogen) atoms. The second-order valence-corrected chi connectivity index (χ2v) is 4.23. The van der Waals surface area contributed by atoms with Gasteiger partial charge in [0.05, 0.1) is 4.92 Å². The van der Waals surface area contributed by atoms with Crippen LogP contribution in [0, 0.1) is 10.1 Å². The van der Waals surface area contributed by atoms with Gasteiger partial charge >= 0.3 is 0 Å². The Hall–Kier alpha value is -2.11. The number of halogens is 1. The fraction of sp³-hybridized carbons (Fsp3) is 0.0769. The monoisotopic (exact) mass is 278 g/mol. The molecular weight excluding hydrogens is 268 g/mol. The van der Waals surface area contributed by atoms with E-state index in [1.54, 1.807) is 12.1 Å². The molecule has 0 bridgehead atoms. The molecular formula is C13H11ClN2O3. The Labute approximate surface area is 114 Å². The molecule has 2 aromatic rings. The van der Waals surface area contributed by atoms with Crippen molar-refractivity contribution in [2.75, 3.05) is 0 Å². The molecule has 2 aromatic carbocycles. The van der Waals surface area contributed by atoms with Gasteiger partial charge in [-0.15, -0.1) is 0 Å². The van der Waals surface area contributed by atoms with Gasteiger partial charge in [-0.05, 0) is 23.8 Å². The van der Waals surface area contributed by atoms with E-state index in [4.69, 9.17) is 22.1 Å². The fourth-order valence-corrected chi connectivity index (χ4v) is 1.77. The molecule has 0 amide bonds. The van der Waals surface area contributed by atoms with Crippen molar-refractivity contribution < 1.29 is 9.66 Å². The summed E-state index contributed by atoms with van der Waals surface area (Å²) in [5, 5.41) is 10.7. The zero-order valence-electron chi connectivity index (χ0n) is 9.88. The maximum Gasteiger partial charge on any atom is 0.288 e. The Morgan fingerprint density at radius 3 is 2.32 bits per heavy atom. The van der Waals surface area contributed by atoms with E-state index in [-0.39, 0.29) is 10.7 Å². The molecule has 0 atom stereocenters. The van der Waals surface area contributed by atoms with Gasteiger partial charge in [0, 0.05) is 18.7 Å².